The lowest BCUT2D eigenvalue weighted by Gasteiger charge is -2.27. The fourth-order valence-corrected chi connectivity index (χ4v) is 6.46. The van der Waals surface area contributed by atoms with Crippen LogP contribution in [0.5, 0.6) is 0 Å². The summed E-state index contributed by atoms with van der Waals surface area (Å²) < 4.78 is 20.5. The van der Waals surface area contributed by atoms with Gasteiger partial charge in [0.2, 0.25) is 0 Å². The zero-order chi connectivity index (χ0) is 17.6. The maximum absolute atomic E-state index is 11.4. The number of hydrogen-bond acceptors (Lipinski definition) is 6. The zero-order valence-corrected chi connectivity index (χ0v) is 17.2. The molecule has 0 radical (unpaired) electrons. The van der Waals surface area contributed by atoms with E-state index in [2.05, 4.69) is 0 Å². The van der Waals surface area contributed by atoms with Crippen LogP contribution >= 0.6 is 0 Å². The van der Waals surface area contributed by atoms with E-state index in [1.54, 1.807) is 20.2 Å². The smallest absolute Gasteiger partial charge is 0.322 e. The lowest BCUT2D eigenvalue weighted by molar-refractivity contribution is -0.154. The van der Waals surface area contributed by atoms with Crippen LogP contribution in [0.4, 0.5) is 0 Å². The van der Waals surface area contributed by atoms with Gasteiger partial charge in [0.05, 0.1) is 12.0 Å². The summed E-state index contributed by atoms with van der Waals surface area (Å²) in [6.45, 7) is 14.2. The molecule has 1 aliphatic rings. The minimum atomic E-state index is -2.38. The Labute approximate surface area is 136 Å². The number of rotatable bonds is 7. The predicted molar refractivity (Wildman–Crippen MR) is 90.0 cm³/mol. The van der Waals surface area contributed by atoms with Crippen LogP contribution in [0.1, 0.15) is 27.2 Å². The highest BCUT2D eigenvalue weighted by atomic mass is 28.5. The van der Waals surface area contributed by atoms with Gasteiger partial charge >= 0.3 is 23.1 Å². The molecular formula is C14H32O6Si2. The van der Waals surface area contributed by atoms with Crippen LogP contribution in [-0.4, -0.2) is 54.3 Å². The molecule has 1 atom stereocenters. The van der Waals surface area contributed by atoms with E-state index in [4.69, 9.17) is 18.0 Å². The predicted octanol–water partition coefficient (Wildman–Crippen LogP) is 2.41. The Morgan fingerprint density at radius 3 is 2.09 bits per heavy atom. The Kier molecular flexibility index (Phi) is 8.46. The van der Waals surface area contributed by atoms with Gasteiger partial charge in [0, 0.05) is 7.11 Å². The third kappa shape index (κ3) is 10.5. The summed E-state index contributed by atoms with van der Waals surface area (Å²) in [7, 11) is -2.76. The second-order valence-electron chi connectivity index (χ2n) is 6.94. The summed E-state index contributed by atoms with van der Waals surface area (Å²) in [5.41, 5.74) is -0.352. The van der Waals surface area contributed by atoms with Crippen molar-refractivity contribution in [2.75, 3.05) is 20.3 Å². The molecule has 1 heterocycles. The van der Waals surface area contributed by atoms with Crippen molar-refractivity contribution in [2.45, 2.75) is 59.5 Å². The molecule has 1 aliphatic heterocycles. The monoisotopic (exact) mass is 352 g/mol. The molecule has 6 nitrogen and oxygen atoms in total. The number of ether oxygens (including phenoxy) is 2. The molecular weight excluding hydrogens is 320 g/mol. The van der Waals surface area contributed by atoms with Crippen molar-refractivity contribution in [3.63, 3.8) is 0 Å². The molecule has 1 saturated heterocycles. The van der Waals surface area contributed by atoms with Gasteiger partial charge in [-0.05, 0) is 46.5 Å². The lowest BCUT2D eigenvalue weighted by atomic mass is 9.91. The van der Waals surface area contributed by atoms with Crippen molar-refractivity contribution >= 4 is 23.1 Å². The van der Waals surface area contributed by atoms with Crippen molar-refractivity contribution in [1.29, 1.82) is 0 Å². The summed E-state index contributed by atoms with van der Waals surface area (Å²) >= 11 is 0. The molecule has 1 unspecified atom stereocenters. The largest absolute Gasteiger partial charge is 0.462 e. The first-order valence-electron chi connectivity index (χ1n) is 7.59. The first-order chi connectivity index (χ1) is 9.83. The van der Waals surface area contributed by atoms with Crippen LogP contribution in [0, 0.1) is 5.41 Å². The Bertz CT molecular complexity index is 348. The van der Waals surface area contributed by atoms with Crippen molar-refractivity contribution in [3.8, 4) is 0 Å². The van der Waals surface area contributed by atoms with Crippen LogP contribution < -0.4 is 0 Å². The van der Waals surface area contributed by atoms with Gasteiger partial charge in [0.25, 0.3) is 0 Å². The van der Waals surface area contributed by atoms with Gasteiger partial charge < -0.3 is 22.8 Å². The van der Waals surface area contributed by atoms with E-state index >= 15 is 0 Å². The second-order valence-corrected chi connectivity index (χ2v) is 13.9. The maximum Gasteiger partial charge on any atom is 0.322 e. The normalized spacial score (nSPS) is 18.3. The van der Waals surface area contributed by atoms with E-state index in [1.807, 2.05) is 33.9 Å². The Balaban J connectivity index is 0.000000409. The number of carbonyl (C=O) groups excluding carboxylic acids is 1. The van der Waals surface area contributed by atoms with Crippen molar-refractivity contribution in [2.24, 2.45) is 5.41 Å². The number of epoxide rings is 1. The fourth-order valence-electron chi connectivity index (χ4n) is 1.32. The van der Waals surface area contributed by atoms with Crippen LogP contribution in [0.15, 0.2) is 0 Å². The molecule has 0 aliphatic carbocycles. The van der Waals surface area contributed by atoms with Crippen molar-refractivity contribution in [1.82, 2.24) is 0 Å². The topological polar surface area (TPSA) is 77.5 Å². The summed E-state index contributed by atoms with van der Waals surface area (Å²) in [5.74, 6) is -0.125. The summed E-state index contributed by atoms with van der Waals surface area (Å²) in [4.78, 5) is 20.7. The Morgan fingerprint density at radius 2 is 1.82 bits per heavy atom. The molecule has 0 spiro atoms. The molecule has 0 aromatic carbocycles. The molecule has 0 amide bonds. The average Bonchev–Trinajstić information content (AvgIpc) is 3.18. The van der Waals surface area contributed by atoms with Gasteiger partial charge in [-0.25, -0.2) is 0 Å². The average molecular weight is 353 g/mol. The Hall–Kier alpha value is -0.256. The lowest BCUT2D eigenvalue weighted by Crippen LogP contribution is -2.45. The molecule has 132 valence electrons. The van der Waals surface area contributed by atoms with E-state index in [1.165, 1.54) is 0 Å². The van der Waals surface area contributed by atoms with Crippen LogP contribution in [-0.2, 0) is 22.8 Å². The first kappa shape index (κ1) is 21.7. The molecule has 1 rings (SSSR count). The van der Waals surface area contributed by atoms with Gasteiger partial charge in [-0.1, -0.05) is 6.92 Å². The maximum atomic E-state index is 11.4. The molecule has 0 saturated carbocycles. The summed E-state index contributed by atoms with van der Waals surface area (Å²) in [6, 6.07) is 0. The fraction of sp³-hybridized carbons (Fsp3) is 0.929. The molecule has 8 heteroatoms. The standard InChI is InChI=1S/C9H16O3.C5H16O3Si2/c1-4-9(2,3)8(10)12-6-7-5-11-7;1-7-10(4,5)8-9(2,3)6/h7H,4-6H2,1-3H3;6H,1-5H3. The van der Waals surface area contributed by atoms with Crippen LogP contribution in [0.25, 0.3) is 0 Å². The number of carbonyl (C=O) groups is 1. The van der Waals surface area contributed by atoms with Crippen LogP contribution in [0.3, 0.4) is 0 Å². The number of hydrogen-bond donors (Lipinski definition) is 1. The van der Waals surface area contributed by atoms with E-state index < -0.39 is 17.1 Å². The van der Waals surface area contributed by atoms with Gasteiger partial charge in [-0.2, -0.15) is 0 Å². The van der Waals surface area contributed by atoms with Gasteiger partial charge in [0.15, 0.2) is 0 Å². The molecule has 0 aromatic heterocycles. The SMILES string of the molecule is CCC(C)(C)C(=O)OCC1CO1.CO[Si](C)(C)O[Si](C)(C)O. The van der Waals surface area contributed by atoms with Gasteiger partial charge in [0.1, 0.15) is 12.7 Å². The quantitative estimate of drug-likeness (QED) is 0.431. The highest BCUT2D eigenvalue weighted by molar-refractivity contribution is 6.78. The zero-order valence-electron chi connectivity index (χ0n) is 15.2. The molecule has 1 fully saturated rings. The van der Waals surface area contributed by atoms with E-state index in [0.717, 1.165) is 13.0 Å². The van der Waals surface area contributed by atoms with Gasteiger partial charge in [-0.15, -0.1) is 0 Å². The van der Waals surface area contributed by atoms with E-state index in [-0.39, 0.29) is 17.5 Å². The highest BCUT2D eigenvalue weighted by Crippen LogP contribution is 2.22. The molecule has 0 bridgehead atoms. The summed E-state index contributed by atoms with van der Waals surface area (Å²) in [5, 5.41) is 0. The van der Waals surface area contributed by atoms with Crippen molar-refractivity contribution < 1.29 is 27.6 Å². The van der Waals surface area contributed by atoms with Crippen molar-refractivity contribution in [3.05, 3.63) is 0 Å². The van der Waals surface area contributed by atoms with Gasteiger partial charge in [-0.3, -0.25) is 4.79 Å². The third-order valence-electron chi connectivity index (χ3n) is 3.23. The third-order valence-corrected chi connectivity index (χ3v) is 8.17. The van der Waals surface area contributed by atoms with E-state index in [0.29, 0.717) is 6.61 Å². The summed E-state index contributed by atoms with van der Waals surface area (Å²) in [6.07, 6.45) is 0.971. The molecule has 22 heavy (non-hydrogen) atoms. The highest BCUT2D eigenvalue weighted by Gasteiger charge is 2.32. The minimum absolute atomic E-state index is 0.125. The molecule has 1 N–H and O–H groups in total. The Morgan fingerprint density at radius 1 is 1.32 bits per heavy atom. The number of esters is 1. The van der Waals surface area contributed by atoms with E-state index in [9.17, 15) is 9.59 Å². The molecule has 0 aromatic rings. The minimum Gasteiger partial charge on any atom is -0.462 e. The first-order valence-corrected chi connectivity index (χ1v) is 13.3. The van der Waals surface area contributed by atoms with Crippen LogP contribution in [0.2, 0.25) is 26.2 Å². The second kappa shape index (κ2) is 8.56.